The molecule has 112 valence electrons. The maximum Gasteiger partial charge on any atom is -1.00 e. The monoisotopic (exact) mass is 346 g/mol. The molecule has 2 aliphatic rings. The quantitative estimate of drug-likeness (QED) is 0.381. The van der Waals surface area contributed by atoms with E-state index in [1.165, 1.54) is 20.5 Å². The van der Waals surface area contributed by atoms with Crippen LogP contribution in [0.25, 0.3) is 0 Å². The Balaban J connectivity index is -0.000000215. The zero-order valence-electron chi connectivity index (χ0n) is 13.3. The molecule has 3 heteroatoms. The van der Waals surface area contributed by atoms with Crippen LogP contribution < -0.4 is 24.8 Å². The number of rotatable bonds is 0. The van der Waals surface area contributed by atoms with Gasteiger partial charge in [-0.05, 0) is 0 Å². The Morgan fingerprint density at radius 3 is 1.80 bits per heavy atom. The van der Waals surface area contributed by atoms with Crippen LogP contribution in [0, 0.1) is 18.1 Å². The van der Waals surface area contributed by atoms with E-state index >= 15 is 0 Å². The topological polar surface area (TPSA) is 0 Å². The summed E-state index contributed by atoms with van der Waals surface area (Å²) in [4.78, 5) is 0. The number of hydrogen-bond donors (Lipinski definition) is 0. The average molecular weight is 347 g/mol. The fraction of sp³-hybridized carbons (Fsp3) is 0.471. The average Bonchev–Trinajstić information content (AvgIpc) is 2.76. The second-order valence-corrected chi connectivity index (χ2v) is 6.60. The third kappa shape index (κ3) is 16.2. The van der Waals surface area contributed by atoms with Gasteiger partial charge in [0.15, 0.2) is 0 Å². The molecule has 0 heterocycles. The third-order valence-electron chi connectivity index (χ3n) is 2.20. The van der Waals surface area contributed by atoms with Crippen molar-refractivity contribution in [2.24, 2.45) is 5.92 Å². The molecule has 0 aromatic rings. The van der Waals surface area contributed by atoms with Gasteiger partial charge in [-0.15, -0.1) is 13.3 Å². The van der Waals surface area contributed by atoms with E-state index in [0.717, 1.165) is 6.42 Å². The molecule has 1 unspecified atom stereocenters. The summed E-state index contributed by atoms with van der Waals surface area (Å²) in [6.45, 7) is 12.6. The van der Waals surface area contributed by atoms with Crippen LogP contribution in [-0.4, -0.2) is 3.81 Å². The van der Waals surface area contributed by atoms with Crippen LogP contribution in [0.2, 0.25) is 0 Å². The number of allylic oxidation sites excluding steroid dienone is 8. The van der Waals surface area contributed by atoms with Crippen LogP contribution in [0.15, 0.2) is 34.9 Å². The SMILES string of the molecule is CC1=CC(C)[C-]=C1.CC1=[C-]CC(C)=C1.C[C](C)=[Ti+2].[Cl-].[Cl-]. The minimum absolute atomic E-state index is 0. The van der Waals surface area contributed by atoms with Gasteiger partial charge in [0.05, 0.1) is 0 Å². The number of hydrogen-bond acceptors (Lipinski definition) is 0. The summed E-state index contributed by atoms with van der Waals surface area (Å²) >= 11 is 2.08. The Labute approximate surface area is 149 Å². The van der Waals surface area contributed by atoms with Crippen LogP contribution in [0.5, 0.6) is 0 Å². The molecule has 0 N–H and O–H groups in total. The van der Waals surface area contributed by atoms with E-state index in [9.17, 15) is 0 Å². The smallest absolute Gasteiger partial charge is 1.00 e. The van der Waals surface area contributed by atoms with Crippen molar-refractivity contribution in [3.8, 4) is 0 Å². The maximum absolute atomic E-state index is 3.19. The summed E-state index contributed by atoms with van der Waals surface area (Å²) in [5, 5.41) is 0. The van der Waals surface area contributed by atoms with Gasteiger partial charge in [0.1, 0.15) is 0 Å². The fourth-order valence-electron chi connectivity index (χ4n) is 1.50. The van der Waals surface area contributed by atoms with Crippen molar-refractivity contribution in [3.63, 3.8) is 0 Å². The Morgan fingerprint density at radius 1 is 1.20 bits per heavy atom. The molecule has 0 nitrogen and oxygen atoms in total. The molecule has 0 aromatic carbocycles. The molecule has 0 radical (unpaired) electrons. The van der Waals surface area contributed by atoms with Gasteiger partial charge in [-0.2, -0.15) is 11.6 Å². The van der Waals surface area contributed by atoms with E-state index in [-0.39, 0.29) is 24.8 Å². The van der Waals surface area contributed by atoms with Gasteiger partial charge < -0.3 is 24.8 Å². The van der Waals surface area contributed by atoms with E-state index in [2.05, 4.69) is 85.8 Å². The van der Waals surface area contributed by atoms with Crippen molar-refractivity contribution in [1.82, 2.24) is 0 Å². The molecule has 0 bridgehead atoms. The summed E-state index contributed by atoms with van der Waals surface area (Å²) < 4.78 is 1.42. The van der Waals surface area contributed by atoms with Crippen molar-refractivity contribution < 1.29 is 44.8 Å². The minimum Gasteiger partial charge on any atom is -1.00 e. The minimum atomic E-state index is 0. The van der Waals surface area contributed by atoms with Gasteiger partial charge in [-0.3, -0.25) is 12.2 Å². The molecule has 0 saturated heterocycles. The van der Waals surface area contributed by atoms with Gasteiger partial charge in [0.25, 0.3) is 0 Å². The molecule has 20 heavy (non-hydrogen) atoms. The second kappa shape index (κ2) is 14.1. The normalized spacial score (nSPS) is 18.0. The van der Waals surface area contributed by atoms with Crippen LogP contribution in [0.4, 0.5) is 0 Å². The van der Waals surface area contributed by atoms with Crippen molar-refractivity contribution in [1.29, 1.82) is 0 Å². The fourth-order valence-corrected chi connectivity index (χ4v) is 1.50. The standard InChI is InChI=1S/2C7H9.C3H6.2ClH.Ti/c2*1-6-3-4-7(2)5-6;1-3-2;;;/h5H,3H2,1-2H3;3,5,7H,1-2H3;1-2H3;2*1H;/q2*-1;;;;+2/p-2. The molecule has 2 aliphatic carbocycles. The van der Waals surface area contributed by atoms with E-state index in [0.29, 0.717) is 5.92 Å². The molecule has 0 saturated carbocycles. The first-order chi connectivity index (χ1) is 8.31. The van der Waals surface area contributed by atoms with Crippen LogP contribution >= 0.6 is 0 Å². The first-order valence-electron chi connectivity index (χ1n) is 6.35. The van der Waals surface area contributed by atoms with Gasteiger partial charge in [-0.1, -0.05) is 26.7 Å². The molecule has 1 atom stereocenters. The molecule has 0 amide bonds. The van der Waals surface area contributed by atoms with E-state index in [4.69, 9.17) is 0 Å². The van der Waals surface area contributed by atoms with Crippen molar-refractivity contribution in [2.75, 3.05) is 0 Å². The summed E-state index contributed by atoms with van der Waals surface area (Å²) in [5.41, 5.74) is 4.06. The second-order valence-electron chi connectivity index (χ2n) is 5.04. The first kappa shape index (κ1) is 25.1. The Morgan fingerprint density at radius 2 is 1.70 bits per heavy atom. The molecule has 0 spiro atoms. The molecule has 2 rings (SSSR count). The molecule has 0 aliphatic heterocycles. The van der Waals surface area contributed by atoms with Crippen molar-refractivity contribution in [2.45, 2.75) is 48.0 Å². The zero-order valence-corrected chi connectivity index (χ0v) is 16.3. The largest absolute Gasteiger partial charge is 1.00 e. The van der Waals surface area contributed by atoms with Crippen LogP contribution in [-0.2, 0) is 20.0 Å². The van der Waals surface area contributed by atoms with Crippen molar-refractivity contribution >= 4 is 3.81 Å². The Kier molecular flexibility index (Phi) is 17.7. The number of halogens is 2. The summed E-state index contributed by atoms with van der Waals surface area (Å²) in [5.74, 6) is 0.556. The summed E-state index contributed by atoms with van der Waals surface area (Å²) in [7, 11) is 0. The Hall–Kier alpha value is 0.124. The van der Waals surface area contributed by atoms with Gasteiger partial charge >= 0.3 is 37.6 Å². The Bertz CT molecular complexity index is 397. The van der Waals surface area contributed by atoms with Gasteiger partial charge in [-0.25, -0.2) is 23.3 Å². The molecular formula is C17H24Cl2Ti-2. The van der Waals surface area contributed by atoms with Crippen LogP contribution in [0.1, 0.15) is 48.0 Å². The predicted molar refractivity (Wildman–Crippen MR) is 77.9 cm³/mol. The summed E-state index contributed by atoms with van der Waals surface area (Å²) in [6.07, 6.45) is 13.8. The van der Waals surface area contributed by atoms with Crippen molar-refractivity contribution in [3.05, 3.63) is 47.1 Å². The molecule has 0 aromatic heterocycles. The molecular weight excluding hydrogens is 323 g/mol. The third-order valence-corrected chi connectivity index (χ3v) is 2.20. The van der Waals surface area contributed by atoms with E-state index in [1.807, 2.05) is 6.08 Å². The van der Waals surface area contributed by atoms with Gasteiger partial charge in [0.2, 0.25) is 0 Å². The maximum atomic E-state index is 3.19. The van der Waals surface area contributed by atoms with Gasteiger partial charge in [0, 0.05) is 0 Å². The van der Waals surface area contributed by atoms with E-state index < -0.39 is 0 Å². The van der Waals surface area contributed by atoms with Crippen LogP contribution in [0.3, 0.4) is 0 Å². The first-order valence-corrected chi connectivity index (χ1v) is 7.13. The zero-order chi connectivity index (χ0) is 14.1. The summed E-state index contributed by atoms with van der Waals surface area (Å²) in [6, 6.07) is 0. The van der Waals surface area contributed by atoms with E-state index in [1.54, 1.807) is 0 Å². The predicted octanol–water partition coefficient (Wildman–Crippen LogP) is -1.22. The molecule has 0 fully saturated rings.